The smallest absolute Gasteiger partial charge is 0.0620 e. The molecule has 0 nitrogen and oxygen atoms in total. The lowest BCUT2D eigenvalue weighted by Crippen LogP contribution is -2.26. The molecule has 0 fully saturated rings. The molecule has 3 aliphatic carbocycles. The molecular weight excluding hydrogens is 1290 g/mol. The quantitative estimate of drug-likeness (QED) is 0.154. The van der Waals surface area contributed by atoms with E-state index in [0.29, 0.717) is 0 Å². The average Bonchev–Trinajstić information content (AvgIpc) is 1.51. The predicted octanol–water partition coefficient (Wildman–Crippen LogP) is 29.4. The Balaban J connectivity index is 0.000000127. The summed E-state index contributed by atoms with van der Waals surface area (Å²) in [4.78, 5) is 0. The maximum atomic E-state index is 2.41. The van der Waals surface area contributed by atoms with Crippen LogP contribution in [0.15, 0.2) is 309 Å². The summed E-state index contributed by atoms with van der Waals surface area (Å²) in [6.07, 6.45) is 0. The van der Waals surface area contributed by atoms with E-state index in [9.17, 15) is 0 Å². The minimum atomic E-state index is -0.199. The summed E-state index contributed by atoms with van der Waals surface area (Å²) in [5, 5.41) is 5.49. The first-order valence-electron chi connectivity index (χ1n) is 38.1. The second-order valence-corrected chi connectivity index (χ2v) is 30.7. The molecule has 0 aliphatic heterocycles. The Bertz CT molecular complexity index is 5240. The fourth-order valence-corrected chi connectivity index (χ4v) is 15.2. The number of fused-ring (bicyclic) bond motifs is 15. The van der Waals surface area contributed by atoms with Crippen LogP contribution in [0.4, 0.5) is 0 Å². The normalized spacial score (nSPS) is 12.0. The molecule has 0 bridgehead atoms. The Morgan fingerprint density at radius 1 is 0.159 bits per heavy atom. The Hall–Kier alpha value is -11.2. The molecular formula is C107H108. The van der Waals surface area contributed by atoms with Gasteiger partial charge in [-0.1, -0.05) is 373 Å². The van der Waals surface area contributed by atoms with Crippen LogP contribution in [0.5, 0.6) is 0 Å². The SMILES string of the molecule is Cc1ccc(-c2ccc(C)cc2)cc1.Cc1ccc(C)c(C)c1.Cc1ccc(C)c2ccccc12.Cc1ccc(C)cc1.Cc1ccc2c(c1)C(C)(C)c1cc(C)ccc1-2.Cc1ccc2c(c1)C1(c3ccccc3-c3ccccc31)c1cc(C)ccc1-2.Cc1cccc2c(C)cccc12.Cc1ccccc1C. The molecule has 0 heteroatoms. The first-order valence-corrected chi connectivity index (χ1v) is 38.1. The van der Waals surface area contributed by atoms with E-state index >= 15 is 0 Å². The molecule has 0 saturated carbocycles. The number of hydrogen-bond acceptors (Lipinski definition) is 0. The molecule has 0 N–H and O–H groups in total. The summed E-state index contributed by atoms with van der Waals surface area (Å²) >= 11 is 0. The standard InChI is InChI=1S/C27H20.C17H18.C14H14.2C12H12.C9H12.2C8H10/c1-17-11-13-21-22-14-12-18(2)16-26(22)27(25(21)15-17)23-9-5-3-7-19(23)20-8-4-6-10-24(20)27;1-11-5-7-13-14-8-6-12(2)10-16(14)17(3,4)15(13)9-11;1-11-3-7-13(8-4-11)14-9-5-12(2)6-10-14;1-9-5-3-8-12-10(2)6-4-7-11(9)12;1-9-7-8-10(2)12-6-4-3-5-11(9)12;1-7-4-5-8(2)9(3)6-7;1-7-3-5-8(2)6-4-7;1-7-5-3-4-6-8(7)2/h3-16H,1-2H3;5-10H,1-4H3;3-10H,1-2H3;2*3-8H,1-2H3;4-6H,1-3H3;2*3-6H,1-2H3. The summed E-state index contributed by atoms with van der Waals surface area (Å²) in [5.41, 5.74) is 42.4. The van der Waals surface area contributed by atoms with Gasteiger partial charge in [0.15, 0.2) is 0 Å². The van der Waals surface area contributed by atoms with Crippen molar-refractivity contribution in [2.45, 2.75) is 142 Å². The zero-order chi connectivity index (χ0) is 76.3. The highest BCUT2D eigenvalue weighted by atomic mass is 14.5. The van der Waals surface area contributed by atoms with Crippen LogP contribution in [-0.2, 0) is 10.8 Å². The molecule has 0 heterocycles. The molecule has 536 valence electrons. The third-order valence-corrected chi connectivity index (χ3v) is 21.8. The summed E-state index contributed by atoms with van der Waals surface area (Å²) in [6, 6.07) is 112. The second-order valence-electron chi connectivity index (χ2n) is 30.7. The van der Waals surface area contributed by atoms with Crippen LogP contribution in [-0.4, -0.2) is 0 Å². The van der Waals surface area contributed by atoms with Crippen LogP contribution in [0, 0.1) is 118 Å². The largest absolute Gasteiger partial charge is 0.0725 e. The van der Waals surface area contributed by atoms with Gasteiger partial charge in [-0.05, 0) is 262 Å². The molecule has 0 amide bonds. The number of hydrogen-bond donors (Lipinski definition) is 0. The van der Waals surface area contributed by atoms with Gasteiger partial charge in [0.1, 0.15) is 0 Å². The van der Waals surface area contributed by atoms with Gasteiger partial charge in [-0.3, -0.25) is 0 Å². The van der Waals surface area contributed by atoms with Gasteiger partial charge in [0.25, 0.3) is 0 Å². The second kappa shape index (κ2) is 33.9. The van der Waals surface area contributed by atoms with E-state index in [2.05, 4.69) is 441 Å². The van der Waals surface area contributed by atoms with Crippen molar-refractivity contribution in [1.29, 1.82) is 0 Å². The summed E-state index contributed by atoms with van der Waals surface area (Å²) in [5.74, 6) is 0. The van der Waals surface area contributed by atoms with Crippen LogP contribution >= 0.6 is 0 Å². The van der Waals surface area contributed by atoms with E-state index in [4.69, 9.17) is 0 Å². The maximum absolute atomic E-state index is 2.41. The Labute approximate surface area is 641 Å². The molecule has 107 heavy (non-hydrogen) atoms. The van der Waals surface area contributed by atoms with Gasteiger partial charge < -0.3 is 0 Å². The van der Waals surface area contributed by atoms with E-state index in [1.165, 1.54) is 194 Å². The van der Waals surface area contributed by atoms with E-state index in [-0.39, 0.29) is 10.8 Å². The van der Waals surface area contributed by atoms with Crippen LogP contribution in [0.25, 0.3) is 66.1 Å². The fraction of sp³-hybridized carbons (Fsp3) is 0.196. The topological polar surface area (TPSA) is 0 Å². The van der Waals surface area contributed by atoms with E-state index < -0.39 is 0 Å². The van der Waals surface area contributed by atoms with E-state index in [1.807, 2.05) is 0 Å². The monoisotopic (exact) mass is 1390 g/mol. The molecule has 0 saturated heterocycles. The van der Waals surface area contributed by atoms with Gasteiger partial charge in [0, 0.05) is 5.41 Å². The lowest BCUT2D eigenvalue weighted by atomic mass is 9.70. The maximum Gasteiger partial charge on any atom is 0.0725 e. The minimum Gasteiger partial charge on any atom is -0.0620 e. The zero-order valence-corrected chi connectivity index (χ0v) is 66.9. The van der Waals surface area contributed by atoms with Crippen molar-refractivity contribution >= 4 is 21.5 Å². The Morgan fingerprint density at radius 3 is 0.738 bits per heavy atom. The van der Waals surface area contributed by atoms with Crippen molar-refractivity contribution in [3.05, 3.63) is 437 Å². The predicted molar refractivity (Wildman–Crippen MR) is 466 cm³/mol. The lowest BCUT2D eigenvalue weighted by molar-refractivity contribution is 0.659. The number of rotatable bonds is 1. The molecule has 18 rings (SSSR count). The third-order valence-electron chi connectivity index (χ3n) is 21.8. The molecule has 0 radical (unpaired) electrons. The summed E-state index contributed by atoms with van der Waals surface area (Å²) in [6.45, 7) is 41.1. The highest BCUT2D eigenvalue weighted by Crippen LogP contribution is 2.63. The van der Waals surface area contributed by atoms with Crippen LogP contribution < -0.4 is 0 Å². The number of benzene rings is 15. The molecule has 3 aliphatic rings. The summed E-state index contributed by atoms with van der Waals surface area (Å²) < 4.78 is 0. The molecule has 0 unspecified atom stereocenters. The van der Waals surface area contributed by atoms with E-state index in [1.54, 1.807) is 0 Å². The molecule has 0 atom stereocenters. The van der Waals surface area contributed by atoms with E-state index in [0.717, 1.165) is 0 Å². The van der Waals surface area contributed by atoms with Crippen molar-refractivity contribution in [3.8, 4) is 44.5 Å². The Kier molecular flexibility index (Phi) is 24.4. The van der Waals surface area contributed by atoms with Crippen molar-refractivity contribution in [3.63, 3.8) is 0 Å². The summed E-state index contributed by atoms with van der Waals surface area (Å²) in [7, 11) is 0. The zero-order valence-electron chi connectivity index (χ0n) is 66.9. The molecule has 15 aromatic rings. The number of aryl methyl sites for hydroxylation is 17. The van der Waals surface area contributed by atoms with Gasteiger partial charge in [-0.15, -0.1) is 0 Å². The highest BCUT2D eigenvalue weighted by molar-refractivity contribution is 5.95. The first kappa shape index (κ1) is 76.9. The molecule has 0 aromatic heterocycles. The van der Waals surface area contributed by atoms with Gasteiger partial charge in [0.05, 0.1) is 5.41 Å². The molecule has 15 aromatic carbocycles. The minimum absolute atomic E-state index is 0.142. The van der Waals surface area contributed by atoms with Crippen molar-refractivity contribution in [2.75, 3.05) is 0 Å². The van der Waals surface area contributed by atoms with Crippen LogP contribution in [0.3, 0.4) is 0 Å². The lowest BCUT2D eigenvalue weighted by Gasteiger charge is -2.30. The molecule has 1 spiro atoms. The third kappa shape index (κ3) is 17.4. The Morgan fingerprint density at radius 2 is 0.393 bits per heavy atom. The van der Waals surface area contributed by atoms with Gasteiger partial charge in [-0.25, -0.2) is 0 Å². The van der Waals surface area contributed by atoms with Gasteiger partial charge in [0.2, 0.25) is 0 Å². The average molecular weight is 1390 g/mol. The van der Waals surface area contributed by atoms with Gasteiger partial charge in [-0.2, -0.15) is 0 Å². The van der Waals surface area contributed by atoms with Crippen molar-refractivity contribution in [2.24, 2.45) is 0 Å². The van der Waals surface area contributed by atoms with Crippen LogP contribution in [0.2, 0.25) is 0 Å². The van der Waals surface area contributed by atoms with Crippen molar-refractivity contribution < 1.29 is 0 Å². The highest BCUT2D eigenvalue weighted by Gasteiger charge is 2.51. The van der Waals surface area contributed by atoms with Crippen molar-refractivity contribution in [1.82, 2.24) is 0 Å². The van der Waals surface area contributed by atoms with Crippen LogP contribution in [0.1, 0.15) is 142 Å². The fourth-order valence-electron chi connectivity index (χ4n) is 15.2. The first-order chi connectivity index (χ1) is 51.3. The van der Waals surface area contributed by atoms with Gasteiger partial charge >= 0.3 is 0 Å².